The molecule has 1 heterocycles. The second-order valence-electron chi connectivity index (χ2n) is 3.04. The molecule has 0 saturated carbocycles. The molecule has 2 N–H and O–H groups in total. The van der Waals surface area contributed by atoms with Crippen LogP contribution in [0, 0.1) is 0 Å². The molecule has 4 nitrogen and oxygen atoms in total. The number of hydrogen-bond donors (Lipinski definition) is 2. The lowest BCUT2D eigenvalue weighted by atomic mass is 9.83. The van der Waals surface area contributed by atoms with Gasteiger partial charge in [-0.15, -0.1) is 0 Å². The number of nitrogens with zero attached hydrogens (tertiary/aromatic N) is 2. The Balaban J connectivity index is 2.42. The highest BCUT2D eigenvalue weighted by atomic mass is 35.5. The highest BCUT2D eigenvalue weighted by Gasteiger charge is 2.14. The fraction of sp³-hybridized carbons (Fsp3) is 0. The molecule has 0 aliphatic rings. The van der Waals surface area contributed by atoms with Gasteiger partial charge in [-0.05, 0) is 12.1 Å². The van der Waals surface area contributed by atoms with Crippen molar-refractivity contribution in [1.29, 1.82) is 0 Å². The molecule has 15 heavy (non-hydrogen) atoms. The third-order valence-electron chi connectivity index (χ3n) is 2.00. The summed E-state index contributed by atoms with van der Waals surface area (Å²) in [6.07, 6.45) is 2.90. The molecule has 0 saturated heterocycles. The minimum absolute atomic E-state index is 0.329. The van der Waals surface area contributed by atoms with Crippen LogP contribution in [-0.2, 0) is 0 Å². The van der Waals surface area contributed by atoms with Crippen molar-refractivity contribution in [3.05, 3.63) is 41.7 Å². The van der Waals surface area contributed by atoms with E-state index in [4.69, 9.17) is 21.6 Å². The third kappa shape index (κ3) is 2.04. The van der Waals surface area contributed by atoms with Gasteiger partial charge in [0, 0.05) is 17.9 Å². The first-order valence-electron chi connectivity index (χ1n) is 4.34. The predicted molar refractivity (Wildman–Crippen MR) is 58.4 cm³/mol. The van der Waals surface area contributed by atoms with Crippen molar-refractivity contribution in [2.24, 2.45) is 0 Å². The predicted octanol–water partition coefficient (Wildman–Crippen LogP) is 0.205. The lowest BCUT2D eigenvalue weighted by Gasteiger charge is -2.02. The van der Waals surface area contributed by atoms with Gasteiger partial charge >= 0.3 is 7.12 Å². The fourth-order valence-corrected chi connectivity index (χ4v) is 1.46. The Morgan fingerprint density at radius 2 is 2.00 bits per heavy atom. The van der Waals surface area contributed by atoms with Gasteiger partial charge in [-0.3, -0.25) is 0 Å². The Bertz CT molecular complexity index is 473. The number of aromatic nitrogens is 2. The molecule has 0 radical (unpaired) electrons. The van der Waals surface area contributed by atoms with Gasteiger partial charge in [-0.2, -0.15) is 5.10 Å². The quantitative estimate of drug-likeness (QED) is 0.714. The molecule has 1 aromatic carbocycles. The minimum Gasteiger partial charge on any atom is -0.423 e. The lowest BCUT2D eigenvalue weighted by Crippen LogP contribution is -2.28. The van der Waals surface area contributed by atoms with Crippen molar-refractivity contribution < 1.29 is 10.0 Å². The molecule has 0 aliphatic carbocycles. The molecule has 0 spiro atoms. The van der Waals surface area contributed by atoms with Crippen LogP contribution in [0.15, 0.2) is 36.7 Å². The Labute approximate surface area is 91.9 Å². The van der Waals surface area contributed by atoms with Crippen LogP contribution in [0.3, 0.4) is 0 Å². The smallest absolute Gasteiger partial charge is 0.423 e. The molecule has 2 rings (SSSR count). The van der Waals surface area contributed by atoms with Gasteiger partial charge < -0.3 is 10.0 Å². The van der Waals surface area contributed by atoms with Crippen LogP contribution in [0.25, 0.3) is 5.69 Å². The standard InChI is InChI=1S/C9H8BClN2O2/c11-8-3-1-2-4-9(8)13-6-7(5-12-13)10(14)15/h1-6,14-15H. The molecule has 6 heteroatoms. The summed E-state index contributed by atoms with van der Waals surface area (Å²) in [6, 6.07) is 7.19. The van der Waals surface area contributed by atoms with E-state index in [1.807, 2.05) is 12.1 Å². The summed E-state index contributed by atoms with van der Waals surface area (Å²) in [7, 11) is -1.51. The Kier molecular flexibility index (Phi) is 2.77. The normalized spacial score (nSPS) is 10.3. The minimum atomic E-state index is -1.51. The highest BCUT2D eigenvalue weighted by molar-refractivity contribution is 6.58. The first kappa shape index (κ1) is 10.2. The molecule has 0 amide bonds. The van der Waals surface area contributed by atoms with E-state index in [9.17, 15) is 0 Å². The van der Waals surface area contributed by atoms with Gasteiger partial charge in [0.2, 0.25) is 0 Å². The van der Waals surface area contributed by atoms with Gasteiger partial charge in [0.1, 0.15) is 0 Å². The molecule has 0 aliphatic heterocycles. The van der Waals surface area contributed by atoms with Crippen molar-refractivity contribution in [1.82, 2.24) is 9.78 Å². The van der Waals surface area contributed by atoms with Crippen LogP contribution in [0.4, 0.5) is 0 Å². The van der Waals surface area contributed by atoms with Crippen molar-refractivity contribution in [2.45, 2.75) is 0 Å². The molecule has 0 fully saturated rings. The van der Waals surface area contributed by atoms with Gasteiger partial charge in [-0.1, -0.05) is 23.7 Å². The van der Waals surface area contributed by atoms with Gasteiger partial charge in [0.25, 0.3) is 0 Å². The largest absolute Gasteiger partial charge is 0.491 e. The summed E-state index contributed by atoms with van der Waals surface area (Å²) in [6.45, 7) is 0. The lowest BCUT2D eigenvalue weighted by molar-refractivity contribution is 0.426. The summed E-state index contributed by atoms with van der Waals surface area (Å²) >= 11 is 5.96. The Morgan fingerprint density at radius 3 is 2.60 bits per heavy atom. The Hall–Kier alpha value is -1.30. The van der Waals surface area contributed by atoms with E-state index in [1.165, 1.54) is 17.1 Å². The van der Waals surface area contributed by atoms with Crippen molar-refractivity contribution >= 4 is 24.2 Å². The summed E-state index contributed by atoms with van der Waals surface area (Å²) < 4.78 is 1.50. The molecule has 76 valence electrons. The second kappa shape index (κ2) is 4.06. The number of rotatable bonds is 2. The van der Waals surface area contributed by atoms with E-state index in [2.05, 4.69) is 5.10 Å². The average molecular weight is 222 g/mol. The molecular weight excluding hydrogens is 214 g/mol. The van der Waals surface area contributed by atoms with Crippen LogP contribution in [0.2, 0.25) is 5.02 Å². The third-order valence-corrected chi connectivity index (χ3v) is 2.32. The number of halogens is 1. The van der Waals surface area contributed by atoms with Crippen molar-refractivity contribution in [2.75, 3.05) is 0 Å². The van der Waals surface area contributed by atoms with E-state index in [1.54, 1.807) is 12.1 Å². The van der Waals surface area contributed by atoms with E-state index in [0.717, 1.165) is 0 Å². The maximum Gasteiger partial charge on any atom is 0.491 e. The van der Waals surface area contributed by atoms with E-state index in [-0.39, 0.29) is 0 Å². The molecule has 0 bridgehead atoms. The van der Waals surface area contributed by atoms with Gasteiger partial charge in [0.15, 0.2) is 0 Å². The number of benzene rings is 1. The summed E-state index contributed by atoms with van der Waals surface area (Å²) in [5.74, 6) is 0. The molecule has 0 unspecified atom stereocenters. The van der Waals surface area contributed by atoms with Gasteiger partial charge in [0.05, 0.1) is 10.7 Å². The topological polar surface area (TPSA) is 58.3 Å². The zero-order valence-corrected chi connectivity index (χ0v) is 8.46. The summed E-state index contributed by atoms with van der Waals surface area (Å²) in [4.78, 5) is 0. The highest BCUT2D eigenvalue weighted by Crippen LogP contribution is 2.17. The van der Waals surface area contributed by atoms with E-state index >= 15 is 0 Å². The first-order valence-corrected chi connectivity index (χ1v) is 4.72. The SMILES string of the molecule is OB(O)c1cnn(-c2ccccc2Cl)c1. The van der Waals surface area contributed by atoms with Crippen LogP contribution < -0.4 is 5.46 Å². The maximum absolute atomic E-state index is 8.92. The number of hydrogen-bond acceptors (Lipinski definition) is 3. The zero-order valence-electron chi connectivity index (χ0n) is 7.71. The van der Waals surface area contributed by atoms with Crippen LogP contribution >= 0.6 is 11.6 Å². The van der Waals surface area contributed by atoms with Crippen molar-refractivity contribution in [3.63, 3.8) is 0 Å². The van der Waals surface area contributed by atoms with Crippen LogP contribution in [0.1, 0.15) is 0 Å². The molecule has 1 aromatic heterocycles. The molecule has 0 atom stereocenters. The van der Waals surface area contributed by atoms with Crippen LogP contribution in [-0.4, -0.2) is 26.9 Å². The number of para-hydroxylation sites is 1. The maximum atomic E-state index is 8.92. The molecule has 2 aromatic rings. The average Bonchev–Trinajstić information content (AvgIpc) is 2.67. The second-order valence-corrected chi connectivity index (χ2v) is 3.45. The Morgan fingerprint density at radius 1 is 1.27 bits per heavy atom. The molecular formula is C9H8BClN2O2. The van der Waals surface area contributed by atoms with Gasteiger partial charge in [-0.25, -0.2) is 4.68 Å². The van der Waals surface area contributed by atoms with E-state index < -0.39 is 7.12 Å². The van der Waals surface area contributed by atoms with Crippen LogP contribution in [0.5, 0.6) is 0 Å². The zero-order chi connectivity index (χ0) is 10.8. The van der Waals surface area contributed by atoms with Crippen molar-refractivity contribution in [3.8, 4) is 5.69 Å². The van der Waals surface area contributed by atoms with E-state index in [0.29, 0.717) is 16.2 Å². The monoisotopic (exact) mass is 222 g/mol. The first-order chi connectivity index (χ1) is 7.18. The fourth-order valence-electron chi connectivity index (χ4n) is 1.24. The summed E-state index contributed by atoms with van der Waals surface area (Å²) in [5.41, 5.74) is 1.03. The summed E-state index contributed by atoms with van der Waals surface area (Å²) in [5, 5.41) is 22.4.